The van der Waals surface area contributed by atoms with Gasteiger partial charge in [0, 0.05) is 10.3 Å². The molecule has 0 aromatic carbocycles. The maximum atomic E-state index is 11.9. The van der Waals surface area contributed by atoms with Crippen LogP contribution in [0.25, 0.3) is 0 Å². The Morgan fingerprint density at radius 1 is 1.56 bits per heavy atom. The van der Waals surface area contributed by atoms with Gasteiger partial charge in [-0.2, -0.15) is 11.3 Å². The average molecular weight is 278 g/mol. The Balaban J connectivity index is 1.76. The molecule has 1 aliphatic carbocycles. The van der Waals surface area contributed by atoms with Crippen molar-refractivity contribution in [3.63, 3.8) is 0 Å². The minimum absolute atomic E-state index is 0.0598. The van der Waals surface area contributed by atoms with Gasteiger partial charge in [0.1, 0.15) is 0 Å². The molecule has 0 fully saturated rings. The largest absolute Gasteiger partial charge is 0.298 e. The number of thiazole rings is 1. The highest BCUT2D eigenvalue weighted by Crippen LogP contribution is 2.32. The molecule has 0 bridgehead atoms. The fourth-order valence-corrected chi connectivity index (χ4v) is 3.96. The number of fused-ring (bicyclic) bond motifs is 1. The van der Waals surface area contributed by atoms with E-state index in [9.17, 15) is 4.79 Å². The van der Waals surface area contributed by atoms with Gasteiger partial charge in [-0.25, -0.2) is 4.98 Å². The fourth-order valence-electron chi connectivity index (χ4n) is 2.16. The molecule has 94 valence electrons. The highest BCUT2D eigenvalue weighted by molar-refractivity contribution is 7.16. The molecule has 1 aliphatic rings. The number of hydrogen-bond donors (Lipinski definition) is 1. The average Bonchev–Trinajstić information content (AvgIpc) is 2.95. The Bertz CT molecular complexity index is 560. The van der Waals surface area contributed by atoms with Gasteiger partial charge in [-0.15, -0.1) is 11.3 Å². The minimum Gasteiger partial charge on any atom is -0.298 e. The van der Waals surface area contributed by atoms with E-state index in [2.05, 4.69) is 17.2 Å². The molecule has 18 heavy (non-hydrogen) atoms. The van der Waals surface area contributed by atoms with E-state index in [4.69, 9.17) is 0 Å². The topological polar surface area (TPSA) is 42.0 Å². The first kappa shape index (κ1) is 11.9. The second-order valence-electron chi connectivity index (χ2n) is 4.70. The molecular weight excluding hydrogens is 264 g/mol. The Morgan fingerprint density at radius 2 is 2.44 bits per heavy atom. The lowest BCUT2D eigenvalue weighted by molar-refractivity contribution is 0.102. The number of thiophene rings is 1. The molecule has 3 nitrogen and oxygen atoms in total. The lowest BCUT2D eigenvalue weighted by Gasteiger charge is -2.15. The van der Waals surface area contributed by atoms with Gasteiger partial charge in [-0.3, -0.25) is 10.1 Å². The van der Waals surface area contributed by atoms with Crippen molar-refractivity contribution in [2.75, 3.05) is 5.32 Å². The van der Waals surface area contributed by atoms with Crippen molar-refractivity contribution in [1.82, 2.24) is 4.98 Å². The molecule has 0 radical (unpaired) electrons. The number of nitrogens with one attached hydrogen (secondary N) is 1. The van der Waals surface area contributed by atoms with Crippen LogP contribution < -0.4 is 5.32 Å². The van der Waals surface area contributed by atoms with Crippen molar-refractivity contribution in [3.8, 4) is 0 Å². The van der Waals surface area contributed by atoms with Crippen molar-refractivity contribution >= 4 is 33.7 Å². The summed E-state index contributed by atoms with van der Waals surface area (Å²) in [6.07, 6.45) is 3.34. The standard InChI is InChI=1S/C13H14N2OS2/c1-8-2-3-10-11(6-8)18-13(14-10)15-12(16)9-4-5-17-7-9/h4-5,7-8H,2-3,6H2,1H3,(H,14,15,16)/t8-/m1/s1. The summed E-state index contributed by atoms with van der Waals surface area (Å²) in [6.45, 7) is 2.27. The quantitative estimate of drug-likeness (QED) is 0.912. The van der Waals surface area contributed by atoms with Gasteiger partial charge in [0.15, 0.2) is 5.13 Å². The van der Waals surface area contributed by atoms with E-state index >= 15 is 0 Å². The predicted molar refractivity (Wildman–Crippen MR) is 75.6 cm³/mol. The first-order chi connectivity index (χ1) is 8.72. The second-order valence-corrected chi connectivity index (χ2v) is 6.57. The molecule has 0 aliphatic heterocycles. The number of aromatic nitrogens is 1. The molecule has 1 N–H and O–H groups in total. The van der Waals surface area contributed by atoms with E-state index in [0.29, 0.717) is 5.56 Å². The van der Waals surface area contributed by atoms with Crippen LogP contribution in [0.2, 0.25) is 0 Å². The fraction of sp³-hybridized carbons (Fsp3) is 0.385. The Hall–Kier alpha value is -1.20. The van der Waals surface area contributed by atoms with E-state index in [1.165, 1.54) is 28.3 Å². The highest BCUT2D eigenvalue weighted by Gasteiger charge is 2.20. The summed E-state index contributed by atoms with van der Waals surface area (Å²) in [4.78, 5) is 17.8. The third kappa shape index (κ3) is 2.33. The van der Waals surface area contributed by atoms with Crippen LogP contribution in [0.5, 0.6) is 0 Å². The maximum absolute atomic E-state index is 11.9. The van der Waals surface area contributed by atoms with Crippen LogP contribution in [-0.4, -0.2) is 10.9 Å². The number of carbonyl (C=O) groups is 1. The third-order valence-corrected chi connectivity index (χ3v) is 4.91. The third-order valence-electron chi connectivity index (χ3n) is 3.19. The molecule has 0 unspecified atom stereocenters. The van der Waals surface area contributed by atoms with Gasteiger partial charge in [0.25, 0.3) is 5.91 Å². The van der Waals surface area contributed by atoms with Gasteiger partial charge in [-0.1, -0.05) is 6.92 Å². The molecule has 1 amide bonds. The zero-order chi connectivity index (χ0) is 12.5. The van der Waals surface area contributed by atoms with E-state index in [1.54, 1.807) is 11.3 Å². The number of aryl methyl sites for hydroxylation is 1. The number of anilines is 1. The highest BCUT2D eigenvalue weighted by atomic mass is 32.1. The zero-order valence-corrected chi connectivity index (χ0v) is 11.7. The van der Waals surface area contributed by atoms with Gasteiger partial charge in [0.2, 0.25) is 0 Å². The molecule has 0 saturated heterocycles. The number of nitrogens with zero attached hydrogens (tertiary/aromatic N) is 1. The molecular formula is C13H14N2OS2. The summed E-state index contributed by atoms with van der Waals surface area (Å²) in [5.41, 5.74) is 1.89. The monoisotopic (exact) mass is 278 g/mol. The summed E-state index contributed by atoms with van der Waals surface area (Å²) < 4.78 is 0. The van der Waals surface area contributed by atoms with E-state index < -0.39 is 0 Å². The molecule has 1 atom stereocenters. The molecule has 2 aromatic heterocycles. The van der Waals surface area contributed by atoms with Crippen LogP contribution in [0.4, 0.5) is 5.13 Å². The normalized spacial score (nSPS) is 18.4. The van der Waals surface area contributed by atoms with Crippen molar-refractivity contribution < 1.29 is 4.79 Å². The van der Waals surface area contributed by atoms with Crippen LogP contribution in [0.15, 0.2) is 16.8 Å². The second kappa shape index (κ2) is 4.82. The lowest BCUT2D eigenvalue weighted by atomic mass is 9.93. The maximum Gasteiger partial charge on any atom is 0.258 e. The first-order valence-electron chi connectivity index (χ1n) is 6.04. The SMILES string of the molecule is C[C@@H]1CCc2nc(NC(=O)c3ccsc3)sc2C1. The Kier molecular flexibility index (Phi) is 3.18. The van der Waals surface area contributed by atoms with E-state index in [0.717, 1.165) is 23.9 Å². The van der Waals surface area contributed by atoms with Gasteiger partial charge >= 0.3 is 0 Å². The van der Waals surface area contributed by atoms with Crippen molar-refractivity contribution in [3.05, 3.63) is 33.0 Å². The molecule has 3 rings (SSSR count). The predicted octanol–water partition coefficient (Wildman–Crippen LogP) is 3.58. The van der Waals surface area contributed by atoms with Crippen molar-refractivity contribution in [2.24, 2.45) is 5.92 Å². The van der Waals surface area contributed by atoms with Crippen molar-refractivity contribution in [1.29, 1.82) is 0 Å². The number of hydrogen-bond acceptors (Lipinski definition) is 4. The van der Waals surface area contributed by atoms with Crippen molar-refractivity contribution in [2.45, 2.75) is 26.2 Å². The summed E-state index contributed by atoms with van der Waals surface area (Å²) in [6, 6.07) is 1.83. The van der Waals surface area contributed by atoms with Gasteiger partial charge in [-0.05, 0) is 36.6 Å². The summed E-state index contributed by atoms with van der Waals surface area (Å²) in [7, 11) is 0. The van der Waals surface area contributed by atoms with Crippen LogP contribution in [0, 0.1) is 5.92 Å². The van der Waals surface area contributed by atoms with Gasteiger partial charge < -0.3 is 0 Å². The molecule has 0 saturated carbocycles. The summed E-state index contributed by atoms with van der Waals surface area (Å²) in [5, 5.41) is 7.39. The molecule has 2 heterocycles. The van der Waals surface area contributed by atoms with E-state index in [-0.39, 0.29) is 5.91 Å². The van der Waals surface area contributed by atoms with Crippen LogP contribution in [0.3, 0.4) is 0 Å². The van der Waals surface area contributed by atoms with Crippen LogP contribution in [-0.2, 0) is 12.8 Å². The first-order valence-corrected chi connectivity index (χ1v) is 7.80. The smallest absolute Gasteiger partial charge is 0.258 e. The van der Waals surface area contributed by atoms with Crippen LogP contribution >= 0.6 is 22.7 Å². The Labute approximate surface area is 114 Å². The minimum atomic E-state index is -0.0598. The number of carbonyl (C=O) groups excluding carboxylic acids is 1. The molecule has 0 spiro atoms. The van der Waals surface area contributed by atoms with Crippen LogP contribution in [0.1, 0.15) is 34.3 Å². The van der Waals surface area contributed by atoms with Gasteiger partial charge in [0.05, 0.1) is 11.3 Å². The Morgan fingerprint density at radius 3 is 3.22 bits per heavy atom. The molecule has 5 heteroatoms. The number of rotatable bonds is 2. The summed E-state index contributed by atoms with van der Waals surface area (Å²) in [5.74, 6) is 0.675. The zero-order valence-electron chi connectivity index (χ0n) is 10.1. The van der Waals surface area contributed by atoms with E-state index in [1.807, 2.05) is 16.8 Å². The number of amides is 1. The lowest BCUT2D eigenvalue weighted by Crippen LogP contribution is -2.11. The molecule has 2 aromatic rings. The summed E-state index contributed by atoms with van der Waals surface area (Å²) >= 11 is 3.15.